The van der Waals surface area contributed by atoms with Crippen molar-refractivity contribution in [3.63, 3.8) is 0 Å². The Kier molecular flexibility index (Phi) is 2.24. The van der Waals surface area contributed by atoms with Gasteiger partial charge in [-0.15, -0.1) is 0 Å². The van der Waals surface area contributed by atoms with Gasteiger partial charge in [-0.2, -0.15) is 4.40 Å². The zero-order valence-corrected chi connectivity index (χ0v) is 9.07. The fourth-order valence-corrected chi connectivity index (χ4v) is 3.29. The molecule has 3 N–H and O–H groups in total. The lowest BCUT2D eigenvalue weighted by Gasteiger charge is -2.13. The van der Waals surface area contributed by atoms with Crippen LogP contribution in [-0.4, -0.2) is 28.2 Å². The van der Waals surface area contributed by atoms with E-state index in [1.165, 1.54) is 7.11 Å². The number of rotatable bonds is 2. The van der Waals surface area contributed by atoms with Crippen molar-refractivity contribution in [1.82, 2.24) is 0 Å². The molecule has 0 fully saturated rings. The lowest BCUT2D eigenvalue weighted by Crippen LogP contribution is -2.11. The molecule has 1 heterocycles. The number of nitrogens with two attached hydrogens (primary N) is 1. The predicted octanol–water partition coefficient (Wildman–Crippen LogP) is -0.346. The Morgan fingerprint density at radius 2 is 2.33 bits per heavy atom. The predicted molar refractivity (Wildman–Crippen MR) is 58.6 cm³/mol. The second-order valence-electron chi connectivity index (χ2n) is 3.18. The molecule has 0 amide bonds. The van der Waals surface area contributed by atoms with Gasteiger partial charge in [-0.1, -0.05) is 6.07 Å². The summed E-state index contributed by atoms with van der Waals surface area (Å²) in [5, 5.41) is 9.09. The van der Waals surface area contributed by atoms with E-state index in [0.29, 0.717) is 16.2 Å². The lowest BCUT2D eigenvalue weighted by molar-refractivity contribution is 0.364. The Balaban J connectivity index is 2.72. The maximum absolute atomic E-state index is 12.1. The molecule has 6 heteroatoms. The smallest absolute Gasteiger partial charge is 0.144 e. The molecule has 2 rings (SSSR count). The number of nitrogens with zero attached hydrogens (tertiary/aromatic N) is 1. The van der Waals surface area contributed by atoms with Crippen LogP contribution in [0.25, 0.3) is 0 Å². The highest BCUT2D eigenvalue weighted by molar-refractivity contribution is 8.02. The number of hydrogen-bond acceptors (Lipinski definition) is 4. The quantitative estimate of drug-likeness (QED) is 0.604. The summed E-state index contributed by atoms with van der Waals surface area (Å²) in [6.07, 6.45) is 0. The summed E-state index contributed by atoms with van der Waals surface area (Å²) < 4.78 is 21.0. The first kappa shape index (κ1) is 10.1. The van der Waals surface area contributed by atoms with Crippen LogP contribution in [0.2, 0.25) is 0 Å². The van der Waals surface area contributed by atoms with Gasteiger partial charge in [-0.3, -0.25) is 4.21 Å². The third kappa shape index (κ3) is 1.33. The minimum Gasteiger partial charge on any atom is -0.496 e. The molecule has 0 aliphatic carbocycles. The van der Waals surface area contributed by atoms with Crippen LogP contribution < -0.4 is 10.5 Å². The van der Waals surface area contributed by atoms with Gasteiger partial charge >= 0.3 is 0 Å². The highest BCUT2D eigenvalue weighted by atomic mass is 32.3. The number of aliphatic hydroxyl groups excluding tert-OH is 1. The van der Waals surface area contributed by atoms with Crippen LogP contribution in [0, 0.1) is 0 Å². The van der Waals surface area contributed by atoms with Crippen molar-refractivity contribution in [2.45, 2.75) is 4.90 Å². The first-order valence-corrected chi connectivity index (χ1v) is 6.20. The van der Waals surface area contributed by atoms with Gasteiger partial charge < -0.3 is 15.6 Å². The summed E-state index contributed by atoms with van der Waals surface area (Å²) in [7, 11) is -1.59. The molecule has 0 aromatic heterocycles. The van der Waals surface area contributed by atoms with Crippen LogP contribution in [0.1, 0.15) is 5.56 Å². The molecule has 0 saturated carbocycles. The summed E-state index contributed by atoms with van der Waals surface area (Å²) in [5.41, 5.74) is 6.20. The average molecular weight is 228 g/mol. The number of fused-ring (bicyclic) bond motifs is 1. The Labute approximate surface area is 88.1 Å². The molecule has 1 aromatic carbocycles. The number of benzene rings is 1. The average Bonchev–Trinajstić information content (AvgIpc) is 2.52. The molecule has 0 radical (unpaired) electrons. The number of amidine groups is 1. The first-order valence-electron chi connectivity index (χ1n) is 4.36. The van der Waals surface area contributed by atoms with E-state index in [2.05, 4.69) is 4.40 Å². The normalized spacial score (nSPS) is 19.2. The molecule has 0 saturated heterocycles. The van der Waals surface area contributed by atoms with Gasteiger partial charge in [-0.25, -0.2) is 0 Å². The first-order chi connectivity index (χ1) is 7.12. The summed E-state index contributed by atoms with van der Waals surface area (Å²) in [6, 6.07) is 5.07. The summed E-state index contributed by atoms with van der Waals surface area (Å²) in [4.78, 5) is 0.474. The van der Waals surface area contributed by atoms with E-state index < -0.39 is 16.1 Å². The van der Waals surface area contributed by atoms with Crippen LogP contribution in [0.5, 0.6) is 5.75 Å². The van der Waals surface area contributed by atoms with Crippen molar-refractivity contribution in [2.24, 2.45) is 10.1 Å². The van der Waals surface area contributed by atoms with Gasteiger partial charge in [-0.05, 0) is 12.1 Å². The Morgan fingerprint density at radius 3 is 2.93 bits per heavy atom. The molecular weight excluding hydrogens is 216 g/mol. The van der Waals surface area contributed by atoms with E-state index in [1.54, 1.807) is 18.2 Å². The van der Waals surface area contributed by atoms with E-state index >= 15 is 0 Å². The van der Waals surface area contributed by atoms with Gasteiger partial charge in [0.15, 0.2) is 0 Å². The second-order valence-corrected chi connectivity index (χ2v) is 5.55. The molecule has 1 aliphatic rings. The SMILES string of the molecule is COc1cccc2c1C(N)=N[SH]2(=O)CO. The third-order valence-corrected chi connectivity index (χ3v) is 4.37. The van der Waals surface area contributed by atoms with E-state index in [0.717, 1.165) is 0 Å². The largest absolute Gasteiger partial charge is 0.496 e. The molecule has 0 atom stereocenters. The Hall–Kier alpha value is -1.40. The molecule has 0 unspecified atom stereocenters. The Bertz CT molecular complexity index is 484. The van der Waals surface area contributed by atoms with Gasteiger partial charge in [0.2, 0.25) is 0 Å². The van der Waals surface area contributed by atoms with Crippen molar-refractivity contribution >= 4 is 16.0 Å². The van der Waals surface area contributed by atoms with Crippen LogP contribution in [0.4, 0.5) is 0 Å². The fourth-order valence-electron chi connectivity index (χ4n) is 1.62. The maximum atomic E-state index is 12.1. The maximum Gasteiger partial charge on any atom is 0.144 e. The number of methoxy groups -OCH3 is 1. The van der Waals surface area contributed by atoms with E-state index in [-0.39, 0.29) is 5.84 Å². The van der Waals surface area contributed by atoms with Gasteiger partial charge in [0, 0.05) is 10.1 Å². The molecule has 0 spiro atoms. The summed E-state index contributed by atoms with van der Waals surface area (Å²) in [6.45, 7) is 0. The van der Waals surface area contributed by atoms with Crippen molar-refractivity contribution in [3.05, 3.63) is 23.8 Å². The third-order valence-electron chi connectivity index (χ3n) is 2.32. The van der Waals surface area contributed by atoms with Crippen molar-refractivity contribution in [3.8, 4) is 5.75 Å². The summed E-state index contributed by atoms with van der Waals surface area (Å²) in [5.74, 6) is 0.188. The topological polar surface area (TPSA) is 84.9 Å². The number of ether oxygens (including phenoxy) is 1. The van der Waals surface area contributed by atoms with Crippen molar-refractivity contribution in [2.75, 3.05) is 13.0 Å². The van der Waals surface area contributed by atoms with Gasteiger partial charge in [0.05, 0.1) is 17.6 Å². The van der Waals surface area contributed by atoms with Crippen LogP contribution in [0.15, 0.2) is 27.5 Å². The molecular formula is C9H12N2O3S. The van der Waals surface area contributed by atoms with Crippen LogP contribution >= 0.6 is 0 Å². The molecule has 1 aromatic rings. The molecule has 5 nitrogen and oxygen atoms in total. The van der Waals surface area contributed by atoms with Gasteiger partial charge in [0.25, 0.3) is 0 Å². The van der Waals surface area contributed by atoms with E-state index in [9.17, 15) is 4.21 Å². The highest BCUT2D eigenvalue weighted by Gasteiger charge is 2.30. The second kappa shape index (κ2) is 3.32. The zero-order valence-electron chi connectivity index (χ0n) is 8.17. The van der Waals surface area contributed by atoms with Crippen molar-refractivity contribution < 1.29 is 14.1 Å². The van der Waals surface area contributed by atoms with Crippen LogP contribution in [0.3, 0.4) is 0 Å². The monoisotopic (exact) mass is 228 g/mol. The molecule has 82 valence electrons. The number of aliphatic hydroxyl groups is 1. The molecule has 15 heavy (non-hydrogen) atoms. The number of thiol groups is 1. The Morgan fingerprint density at radius 1 is 1.60 bits per heavy atom. The molecule has 1 aliphatic heterocycles. The highest BCUT2D eigenvalue weighted by Crippen LogP contribution is 2.35. The summed E-state index contributed by atoms with van der Waals surface area (Å²) >= 11 is 0. The van der Waals surface area contributed by atoms with E-state index in [1.807, 2.05) is 0 Å². The standard InChI is InChI=1S/C9H12N2O3S/c1-14-6-3-2-4-7-8(6)9(10)11-15(7,13)5-12/h2-4,12,15H,5H2,1H3,(H2,10,11,13). The van der Waals surface area contributed by atoms with Crippen LogP contribution in [-0.2, 0) is 10.1 Å². The van der Waals surface area contributed by atoms with Crippen molar-refractivity contribution in [1.29, 1.82) is 0 Å². The number of hydrogen-bond donors (Lipinski definition) is 3. The molecule has 0 bridgehead atoms. The minimum absolute atomic E-state index is 0.167. The van der Waals surface area contributed by atoms with Gasteiger partial charge in [0.1, 0.15) is 17.5 Å². The van der Waals surface area contributed by atoms with E-state index in [4.69, 9.17) is 15.6 Å². The minimum atomic E-state index is -3.10. The lowest BCUT2D eigenvalue weighted by atomic mass is 10.2. The fraction of sp³-hybridized carbons (Fsp3) is 0.222. The zero-order chi connectivity index (χ0) is 11.1.